The van der Waals surface area contributed by atoms with Crippen LogP contribution in [-0.4, -0.2) is 30.2 Å². The molecule has 0 unspecified atom stereocenters. The molecule has 11 heavy (non-hydrogen) atoms. The van der Waals surface area contributed by atoms with E-state index in [-0.39, 0.29) is 24.4 Å². The van der Waals surface area contributed by atoms with Crippen molar-refractivity contribution >= 4 is 0 Å². The van der Waals surface area contributed by atoms with Crippen LogP contribution in [0.15, 0.2) is 0 Å². The van der Waals surface area contributed by atoms with Crippen LogP contribution in [0.1, 0.15) is 19.8 Å². The highest BCUT2D eigenvalue weighted by Crippen LogP contribution is 2.33. The maximum atomic E-state index is 9.59. The molecule has 0 aromatic carbocycles. The van der Waals surface area contributed by atoms with Crippen molar-refractivity contribution < 1.29 is 14.6 Å². The first-order chi connectivity index (χ1) is 5.29. The normalized spacial score (nSPS) is 50.7. The van der Waals surface area contributed by atoms with Gasteiger partial charge in [0.1, 0.15) is 0 Å². The monoisotopic (exact) mass is 158 g/mol. The molecule has 3 heteroatoms. The van der Waals surface area contributed by atoms with Crippen molar-refractivity contribution in [2.24, 2.45) is 5.92 Å². The van der Waals surface area contributed by atoms with Gasteiger partial charge in [-0.15, -0.1) is 0 Å². The summed E-state index contributed by atoms with van der Waals surface area (Å²) in [6.07, 6.45) is 1.59. The fourth-order valence-corrected chi connectivity index (χ4v) is 1.89. The van der Waals surface area contributed by atoms with Crippen molar-refractivity contribution in [2.75, 3.05) is 6.61 Å². The molecule has 0 amide bonds. The molecule has 0 bridgehead atoms. The first-order valence-corrected chi connectivity index (χ1v) is 4.24. The van der Waals surface area contributed by atoms with Gasteiger partial charge in [0.15, 0.2) is 6.29 Å². The fourth-order valence-electron chi connectivity index (χ4n) is 1.89. The molecular weight excluding hydrogens is 144 g/mol. The van der Waals surface area contributed by atoms with E-state index < -0.39 is 0 Å². The number of hydrogen-bond donors (Lipinski definition) is 1. The number of aliphatic hydroxyl groups excluding tert-OH is 1. The first-order valence-electron chi connectivity index (χ1n) is 4.24. The van der Waals surface area contributed by atoms with Crippen LogP contribution in [0.3, 0.4) is 0 Å². The smallest absolute Gasteiger partial charge is 0.163 e. The van der Waals surface area contributed by atoms with E-state index in [4.69, 9.17) is 9.47 Å². The lowest BCUT2D eigenvalue weighted by atomic mass is 9.94. The molecular formula is C8H14O3. The molecule has 2 fully saturated rings. The highest BCUT2D eigenvalue weighted by molar-refractivity contribution is 4.85. The van der Waals surface area contributed by atoms with Crippen LogP contribution in [0.2, 0.25) is 0 Å². The van der Waals surface area contributed by atoms with E-state index in [9.17, 15) is 5.11 Å². The maximum Gasteiger partial charge on any atom is 0.163 e. The van der Waals surface area contributed by atoms with E-state index in [2.05, 4.69) is 0 Å². The maximum absolute atomic E-state index is 9.59. The fraction of sp³-hybridized carbons (Fsp3) is 1.00. The van der Waals surface area contributed by atoms with Crippen LogP contribution in [-0.2, 0) is 9.47 Å². The highest BCUT2D eigenvalue weighted by atomic mass is 16.7. The van der Waals surface area contributed by atoms with Gasteiger partial charge in [-0.2, -0.15) is 0 Å². The number of hydrogen-bond acceptors (Lipinski definition) is 3. The van der Waals surface area contributed by atoms with E-state index in [1.165, 1.54) is 0 Å². The Balaban J connectivity index is 2.05. The summed E-state index contributed by atoms with van der Waals surface area (Å²) >= 11 is 0. The molecule has 2 rings (SSSR count). The van der Waals surface area contributed by atoms with E-state index in [0.717, 1.165) is 19.4 Å². The standard InChI is InChI=1S/C8H14O3/c1-5-7(9)6-3-2-4-10-8(6)11-5/h5-9H,2-4H2,1H3/t5-,6+,7+,8-/m0/s1. The largest absolute Gasteiger partial charge is 0.390 e. The van der Waals surface area contributed by atoms with Gasteiger partial charge in [-0.1, -0.05) is 0 Å². The molecule has 0 aromatic rings. The minimum Gasteiger partial charge on any atom is -0.390 e. The third-order valence-electron chi connectivity index (χ3n) is 2.58. The molecule has 2 aliphatic heterocycles. The second kappa shape index (κ2) is 2.73. The van der Waals surface area contributed by atoms with Crippen molar-refractivity contribution in [3.63, 3.8) is 0 Å². The van der Waals surface area contributed by atoms with Gasteiger partial charge in [-0.3, -0.25) is 0 Å². The summed E-state index contributed by atoms with van der Waals surface area (Å²) in [5.74, 6) is 0.221. The van der Waals surface area contributed by atoms with Gasteiger partial charge in [-0.05, 0) is 19.8 Å². The first kappa shape index (κ1) is 7.53. The van der Waals surface area contributed by atoms with Gasteiger partial charge in [0.25, 0.3) is 0 Å². The lowest BCUT2D eigenvalue weighted by Gasteiger charge is -2.25. The Bertz CT molecular complexity index is 148. The summed E-state index contributed by atoms with van der Waals surface area (Å²) in [6, 6.07) is 0. The van der Waals surface area contributed by atoms with Crippen LogP contribution < -0.4 is 0 Å². The van der Waals surface area contributed by atoms with Crippen molar-refractivity contribution in [1.29, 1.82) is 0 Å². The predicted molar refractivity (Wildman–Crippen MR) is 39.0 cm³/mol. The summed E-state index contributed by atoms with van der Waals surface area (Å²) in [7, 11) is 0. The van der Waals surface area contributed by atoms with Gasteiger partial charge in [0, 0.05) is 12.5 Å². The minimum atomic E-state index is -0.319. The molecule has 0 spiro atoms. The quantitative estimate of drug-likeness (QED) is 0.558. The molecule has 3 nitrogen and oxygen atoms in total. The van der Waals surface area contributed by atoms with Gasteiger partial charge >= 0.3 is 0 Å². The lowest BCUT2D eigenvalue weighted by molar-refractivity contribution is -0.164. The Kier molecular flexibility index (Phi) is 1.87. The van der Waals surface area contributed by atoms with Crippen molar-refractivity contribution in [2.45, 2.75) is 38.3 Å². The Labute approximate surface area is 66.3 Å². The summed E-state index contributed by atoms with van der Waals surface area (Å²) in [5, 5.41) is 9.59. The molecule has 0 aromatic heterocycles. The molecule has 2 heterocycles. The Morgan fingerprint density at radius 1 is 1.45 bits per heavy atom. The second-order valence-electron chi connectivity index (χ2n) is 3.38. The zero-order chi connectivity index (χ0) is 7.84. The summed E-state index contributed by atoms with van der Waals surface area (Å²) in [5.41, 5.74) is 0. The molecule has 0 radical (unpaired) electrons. The third-order valence-corrected chi connectivity index (χ3v) is 2.58. The van der Waals surface area contributed by atoms with Crippen LogP contribution in [0.25, 0.3) is 0 Å². The van der Waals surface area contributed by atoms with E-state index in [1.807, 2.05) is 6.92 Å². The molecule has 1 N–H and O–H groups in total. The van der Waals surface area contributed by atoms with E-state index >= 15 is 0 Å². The molecule has 64 valence electrons. The second-order valence-corrected chi connectivity index (χ2v) is 3.38. The number of rotatable bonds is 0. The SMILES string of the molecule is C[C@@H]1O[C@@H]2OCCC[C@@H]2[C@@H]1O. The van der Waals surface area contributed by atoms with E-state index in [1.54, 1.807) is 0 Å². The average molecular weight is 158 g/mol. The summed E-state index contributed by atoms with van der Waals surface area (Å²) in [4.78, 5) is 0. The van der Waals surface area contributed by atoms with E-state index in [0.29, 0.717) is 0 Å². The number of ether oxygens (including phenoxy) is 2. The van der Waals surface area contributed by atoms with Gasteiger partial charge in [-0.25, -0.2) is 0 Å². The highest BCUT2D eigenvalue weighted by Gasteiger charge is 2.43. The molecule has 2 saturated heterocycles. The average Bonchev–Trinajstić information content (AvgIpc) is 2.30. The van der Waals surface area contributed by atoms with Gasteiger partial charge < -0.3 is 14.6 Å². The Morgan fingerprint density at radius 3 is 3.00 bits per heavy atom. The van der Waals surface area contributed by atoms with Crippen LogP contribution >= 0.6 is 0 Å². The topological polar surface area (TPSA) is 38.7 Å². The van der Waals surface area contributed by atoms with Gasteiger partial charge in [0.05, 0.1) is 12.2 Å². The summed E-state index contributed by atoms with van der Waals surface area (Å²) in [6.45, 7) is 2.67. The van der Waals surface area contributed by atoms with Gasteiger partial charge in [0.2, 0.25) is 0 Å². The van der Waals surface area contributed by atoms with Crippen LogP contribution in [0.4, 0.5) is 0 Å². The summed E-state index contributed by atoms with van der Waals surface area (Å²) < 4.78 is 10.8. The lowest BCUT2D eigenvalue weighted by Crippen LogP contribution is -2.31. The molecule has 2 aliphatic rings. The van der Waals surface area contributed by atoms with Crippen molar-refractivity contribution in [1.82, 2.24) is 0 Å². The van der Waals surface area contributed by atoms with Crippen molar-refractivity contribution in [3.8, 4) is 0 Å². The van der Waals surface area contributed by atoms with Crippen molar-refractivity contribution in [3.05, 3.63) is 0 Å². The molecule has 0 aliphatic carbocycles. The predicted octanol–water partition coefficient (Wildman–Crippen LogP) is 0.519. The minimum absolute atomic E-state index is 0.0527. The third kappa shape index (κ3) is 1.17. The number of fused-ring (bicyclic) bond motifs is 1. The molecule has 0 saturated carbocycles. The number of aliphatic hydroxyl groups is 1. The Morgan fingerprint density at radius 2 is 2.27 bits per heavy atom. The van der Waals surface area contributed by atoms with Crippen LogP contribution in [0.5, 0.6) is 0 Å². The van der Waals surface area contributed by atoms with Crippen LogP contribution in [0, 0.1) is 5.92 Å². The zero-order valence-electron chi connectivity index (χ0n) is 6.69. The Hall–Kier alpha value is -0.120. The zero-order valence-corrected chi connectivity index (χ0v) is 6.69. The molecule has 4 atom stereocenters.